The smallest absolute Gasteiger partial charge is 0.0273 e. The molecule has 0 amide bonds. The van der Waals surface area contributed by atoms with Crippen LogP contribution in [0.2, 0.25) is 0 Å². The minimum atomic E-state index is 0.931. The molecule has 20 heavy (non-hydrogen) atoms. The van der Waals surface area contributed by atoms with E-state index in [-0.39, 0.29) is 0 Å². The van der Waals surface area contributed by atoms with Crippen molar-refractivity contribution >= 4 is 12.4 Å². The van der Waals surface area contributed by atoms with Crippen molar-refractivity contribution in [2.45, 2.75) is 25.7 Å². The summed E-state index contributed by atoms with van der Waals surface area (Å²) in [5, 5.41) is 8.12. The normalized spacial score (nSPS) is 11.4. The van der Waals surface area contributed by atoms with E-state index in [1.807, 2.05) is 24.6 Å². The Morgan fingerprint density at radius 1 is 0.600 bits per heavy atom. The van der Waals surface area contributed by atoms with E-state index in [0.717, 1.165) is 25.7 Å². The first-order chi connectivity index (χ1) is 9.95. The molecule has 0 unspecified atom stereocenters. The van der Waals surface area contributed by atoms with Crippen molar-refractivity contribution in [2.24, 2.45) is 10.2 Å². The van der Waals surface area contributed by atoms with Crippen molar-refractivity contribution in [3.63, 3.8) is 0 Å². The topological polar surface area (TPSA) is 24.7 Å². The number of hydrogen-bond donors (Lipinski definition) is 0. The van der Waals surface area contributed by atoms with Crippen LogP contribution >= 0.6 is 0 Å². The number of hydrogen-bond acceptors (Lipinski definition) is 2. The molecule has 0 aliphatic heterocycles. The maximum absolute atomic E-state index is 4.06. The molecule has 102 valence electrons. The lowest BCUT2D eigenvalue weighted by molar-refractivity contribution is 1.03. The Balaban J connectivity index is 1.60. The molecule has 2 heteroatoms. The second-order valence-corrected chi connectivity index (χ2v) is 4.64. The maximum Gasteiger partial charge on any atom is 0.0273 e. The summed E-state index contributed by atoms with van der Waals surface area (Å²) in [5.41, 5.74) is 2.68. The second-order valence-electron chi connectivity index (χ2n) is 4.64. The molecule has 2 aromatic carbocycles. The van der Waals surface area contributed by atoms with Gasteiger partial charge in [-0.15, -0.1) is 0 Å². The lowest BCUT2D eigenvalue weighted by Crippen LogP contribution is -1.86. The SMILES string of the molecule is C(/CCc1ccccc1)=N\N=C\CCc1ccccc1. The van der Waals surface area contributed by atoms with Crippen molar-refractivity contribution in [2.75, 3.05) is 0 Å². The number of rotatable bonds is 7. The fraction of sp³-hybridized carbons (Fsp3) is 0.222. The first-order valence-electron chi connectivity index (χ1n) is 7.06. The summed E-state index contributed by atoms with van der Waals surface area (Å²) in [4.78, 5) is 0. The highest BCUT2D eigenvalue weighted by atomic mass is 15.2. The molecule has 0 fully saturated rings. The van der Waals surface area contributed by atoms with Gasteiger partial charge in [0.25, 0.3) is 0 Å². The van der Waals surface area contributed by atoms with Gasteiger partial charge < -0.3 is 0 Å². The molecule has 0 aliphatic carbocycles. The van der Waals surface area contributed by atoms with Gasteiger partial charge in [0.2, 0.25) is 0 Å². The van der Waals surface area contributed by atoms with Gasteiger partial charge in [0.15, 0.2) is 0 Å². The van der Waals surface area contributed by atoms with Gasteiger partial charge in [-0.3, -0.25) is 0 Å². The largest absolute Gasteiger partial charge is 0.164 e. The molecule has 0 aliphatic rings. The average molecular weight is 264 g/mol. The van der Waals surface area contributed by atoms with E-state index in [2.05, 4.69) is 58.7 Å². The summed E-state index contributed by atoms with van der Waals surface area (Å²) in [7, 11) is 0. The van der Waals surface area contributed by atoms with Gasteiger partial charge in [-0.25, -0.2) is 0 Å². The zero-order valence-corrected chi connectivity index (χ0v) is 11.7. The standard InChI is InChI=1S/C18H20N2/c1-3-9-17(10-4-1)13-7-15-19-20-16-8-14-18-11-5-2-6-12-18/h1-6,9-12,15-16H,7-8,13-14H2/b19-15+,20-16+. The van der Waals surface area contributed by atoms with Crippen LogP contribution in [-0.4, -0.2) is 12.4 Å². The van der Waals surface area contributed by atoms with Crippen LogP contribution in [0.25, 0.3) is 0 Å². The molecule has 0 saturated carbocycles. The van der Waals surface area contributed by atoms with Crippen LogP contribution in [0.1, 0.15) is 24.0 Å². The molecule has 2 nitrogen and oxygen atoms in total. The highest BCUT2D eigenvalue weighted by Gasteiger charge is 1.89. The van der Waals surface area contributed by atoms with Gasteiger partial charge in [0, 0.05) is 12.4 Å². The molecule has 0 saturated heterocycles. The third-order valence-corrected chi connectivity index (χ3v) is 3.04. The van der Waals surface area contributed by atoms with E-state index in [0.29, 0.717) is 0 Å². The van der Waals surface area contributed by atoms with Crippen LogP contribution in [0.3, 0.4) is 0 Å². The molecule has 0 N–H and O–H groups in total. The van der Waals surface area contributed by atoms with Crippen molar-refractivity contribution in [1.82, 2.24) is 0 Å². The number of benzene rings is 2. The Morgan fingerprint density at radius 2 is 1.00 bits per heavy atom. The fourth-order valence-electron chi connectivity index (χ4n) is 1.96. The van der Waals surface area contributed by atoms with E-state index in [1.165, 1.54) is 11.1 Å². The van der Waals surface area contributed by atoms with E-state index >= 15 is 0 Å². The van der Waals surface area contributed by atoms with E-state index in [9.17, 15) is 0 Å². The summed E-state index contributed by atoms with van der Waals surface area (Å²) in [5.74, 6) is 0. The molecule has 0 aromatic heterocycles. The summed E-state index contributed by atoms with van der Waals surface area (Å²) >= 11 is 0. The van der Waals surface area contributed by atoms with Gasteiger partial charge in [-0.2, -0.15) is 10.2 Å². The van der Waals surface area contributed by atoms with Crippen LogP contribution in [0.15, 0.2) is 70.9 Å². The van der Waals surface area contributed by atoms with Crippen molar-refractivity contribution in [3.05, 3.63) is 71.8 Å². The molecule has 0 spiro atoms. The van der Waals surface area contributed by atoms with E-state index < -0.39 is 0 Å². The first-order valence-corrected chi connectivity index (χ1v) is 7.06. The van der Waals surface area contributed by atoms with Crippen molar-refractivity contribution in [1.29, 1.82) is 0 Å². The van der Waals surface area contributed by atoms with Crippen molar-refractivity contribution < 1.29 is 0 Å². The third kappa shape index (κ3) is 5.61. The van der Waals surface area contributed by atoms with Gasteiger partial charge >= 0.3 is 0 Å². The first kappa shape index (κ1) is 14.2. The van der Waals surface area contributed by atoms with Gasteiger partial charge in [-0.1, -0.05) is 60.7 Å². The summed E-state index contributed by atoms with van der Waals surface area (Å²) < 4.78 is 0. The molecule has 2 aromatic rings. The Labute approximate surface area is 120 Å². The summed E-state index contributed by atoms with van der Waals surface area (Å²) in [6.45, 7) is 0. The van der Waals surface area contributed by atoms with Crippen LogP contribution < -0.4 is 0 Å². The van der Waals surface area contributed by atoms with Crippen molar-refractivity contribution in [3.8, 4) is 0 Å². The zero-order chi connectivity index (χ0) is 13.9. The lowest BCUT2D eigenvalue weighted by Gasteiger charge is -1.95. The molecule has 0 heterocycles. The third-order valence-electron chi connectivity index (χ3n) is 3.04. The van der Waals surface area contributed by atoms with E-state index in [1.54, 1.807) is 0 Å². The van der Waals surface area contributed by atoms with Gasteiger partial charge in [0.05, 0.1) is 0 Å². The molecule has 2 rings (SSSR count). The predicted molar refractivity (Wildman–Crippen MR) is 86.5 cm³/mol. The maximum atomic E-state index is 4.06. The highest BCUT2D eigenvalue weighted by molar-refractivity contribution is 5.61. The average Bonchev–Trinajstić information content (AvgIpc) is 2.52. The van der Waals surface area contributed by atoms with E-state index in [4.69, 9.17) is 0 Å². The van der Waals surface area contributed by atoms with Crippen LogP contribution in [0, 0.1) is 0 Å². The second kappa shape index (κ2) is 8.81. The minimum absolute atomic E-state index is 0.931. The summed E-state index contributed by atoms with van der Waals surface area (Å²) in [6.07, 6.45) is 7.66. The molecule has 0 atom stereocenters. The lowest BCUT2D eigenvalue weighted by atomic mass is 10.1. The highest BCUT2D eigenvalue weighted by Crippen LogP contribution is 2.02. The summed E-state index contributed by atoms with van der Waals surface area (Å²) in [6, 6.07) is 20.9. The Bertz CT molecular complexity index is 478. The molecular weight excluding hydrogens is 244 g/mol. The molecule has 0 bridgehead atoms. The van der Waals surface area contributed by atoms with Gasteiger partial charge in [0.1, 0.15) is 0 Å². The van der Waals surface area contributed by atoms with Gasteiger partial charge in [-0.05, 0) is 36.8 Å². The Hall–Kier alpha value is -2.22. The fourth-order valence-corrected chi connectivity index (χ4v) is 1.96. The Morgan fingerprint density at radius 3 is 1.40 bits per heavy atom. The number of aryl methyl sites for hydroxylation is 2. The predicted octanol–water partition coefficient (Wildman–Crippen LogP) is 4.31. The quantitative estimate of drug-likeness (QED) is 0.526. The monoisotopic (exact) mass is 264 g/mol. The minimum Gasteiger partial charge on any atom is -0.164 e. The Kier molecular flexibility index (Phi) is 6.25. The van der Waals surface area contributed by atoms with Crippen LogP contribution in [0.5, 0.6) is 0 Å². The molecular formula is C18H20N2. The zero-order valence-electron chi connectivity index (χ0n) is 11.7. The van der Waals surface area contributed by atoms with Crippen LogP contribution in [0.4, 0.5) is 0 Å². The number of nitrogens with zero attached hydrogens (tertiary/aromatic N) is 2. The molecule has 0 radical (unpaired) electrons. The van der Waals surface area contributed by atoms with Crippen LogP contribution in [-0.2, 0) is 12.8 Å².